The summed E-state index contributed by atoms with van der Waals surface area (Å²) < 4.78 is 0.941. The normalized spacial score (nSPS) is 19.5. The second-order valence-corrected chi connectivity index (χ2v) is 5.57. The maximum Gasteiger partial charge on any atom is 0.250 e. The molecule has 5 heteroatoms. The van der Waals surface area contributed by atoms with Gasteiger partial charge in [0.05, 0.1) is 0 Å². The van der Waals surface area contributed by atoms with Gasteiger partial charge in [-0.1, -0.05) is 35.3 Å². The van der Waals surface area contributed by atoms with Gasteiger partial charge in [0.1, 0.15) is 12.6 Å². The molecule has 1 saturated heterocycles. The molecule has 0 aromatic heterocycles. The van der Waals surface area contributed by atoms with Crippen molar-refractivity contribution >= 4 is 33.4 Å². The van der Waals surface area contributed by atoms with Crippen LogP contribution in [-0.4, -0.2) is 24.4 Å². The molecule has 1 unspecified atom stereocenters. The fraction of sp³-hybridized carbons (Fsp3) is 0.429. The summed E-state index contributed by atoms with van der Waals surface area (Å²) in [5.41, 5.74) is 1.77. The Morgan fingerprint density at radius 2 is 2.16 bits per heavy atom. The van der Waals surface area contributed by atoms with Gasteiger partial charge in [-0.05, 0) is 31.0 Å². The molecule has 4 nitrogen and oxygen atoms in total. The molecule has 2 rings (SSSR count). The van der Waals surface area contributed by atoms with Crippen molar-refractivity contribution in [2.75, 3.05) is 11.4 Å². The molecule has 19 heavy (non-hydrogen) atoms. The maximum absolute atomic E-state index is 12.4. The van der Waals surface area contributed by atoms with E-state index in [1.165, 1.54) is 0 Å². The van der Waals surface area contributed by atoms with Crippen LogP contribution in [0, 0.1) is 6.92 Å². The smallest absolute Gasteiger partial charge is 0.250 e. The number of nitrogens with zero attached hydrogens (tertiary/aromatic N) is 1. The number of anilines is 1. The second-order valence-electron chi connectivity index (χ2n) is 4.72. The summed E-state index contributed by atoms with van der Waals surface area (Å²) in [7, 11) is 0. The SMILES string of the molecule is CCCC1NC(=O)CN(c2cccc(Br)c2C)C1=O. The van der Waals surface area contributed by atoms with Gasteiger partial charge in [-0.2, -0.15) is 0 Å². The molecule has 1 aromatic carbocycles. The zero-order valence-corrected chi connectivity index (χ0v) is 12.7. The molecule has 1 heterocycles. The minimum absolute atomic E-state index is 0.0253. The fourth-order valence-electron chi connectivity index (χ4n) is 2.29. The van der Waals surface area contributed by atoms with Crippen molar-refractivity contribution in [1.82, 2.24) is 5.32 Å². The lowest BCUT2D eigenvalue weighted by Crippen LogP contribution is -2.58. The van der Waals surface area contributed by atoms with E-state index in [4.69, 9.17) is 0 Å². The van der Waals surface area contributed by atoms with Crippen LogP contribution in [0.5, 0.6) is 0 Å². The molecule has 1 aliphatic rings. The average Bonchev–Trinajstić information content (AvgIpc) is 2.37. The molecule has 1 atom stereocenters. The molecule has 1 aromatic rings. The van der Waals surface area contributed by atoms with E-state index in [9.17, 15) is 9.59 Å². The highest BCUT2D eigenvalue weighted by atomic mass is 79.9. The van der Waals surface area contributed by atoms with E-state index in [-0.39, 0.29) is 18.4 Å². The molecule has 0 saturated carbocycles. The lowest BCUT2D eigenvalue weighted by Gasteiger charge is -2.33. The van der Waals surface area contributed by atoms with Gasteiger partial charge < -0.3 is 10.2 Å². The first-order valence-corrected chi connectivity index (χ1v) is 7.19. The minimum Gasteiger partial charge on any atom is -0.343 e. The van der Waals surface area contributed by atoms with Gasteiger partial charge in [-0.3, -0.25) is 9.59 Å². The van der Waals surface area contributed by atoms with Gasteiger partial charge in [0.15, 0.2) is 0 Å². The lowest BCUT2D eigenvalue weighted by molar-refractivity contribution is -0.131. The number of benzene rings is 1. The van der Waals surface area contributed by atoms with Crippen molar-refractivity contribution in [3.63, 3.8) is 0 Å². The molecular formula is C14H17BrN2O2. The van der Waals surface area contributed by atoms with Crippen LogP contribution in [0.15, 0.2) is 22.7 Å². The number of amides is 2. The van der Waals surface area contributed by atoms with E-state index in [2.05, 4.69) is 21.2 Å². The number of carbonyl (C=O) groups is 2. The fourth-order valence-corrected chi connectivity index (χ4v) is 2.64. The number of hydrogen-bond acceptors (Lipinski definition) is 2. The van der Waals surface area contributed by atoms with E-state index < -0.39 is 6.04 Å². The number of piperazine rings is 1. The van der Waals surface area contributed by atoms with E-state index in [1.807, 2.05) is 32.0 Å². The van der Waals surface area contributed by atoms with E-state index in [1.54, 1.807) is 4.90 Å². The molecule has 1 N–H and O–H groups in total. The van der Waals surface area contributed by atoms with Crippen LogP contribution < -0.4 is 10.2 Å². The van der Waals surface area contributed by atoms with Gasteiger partial charge >= 0.3 is 0 Å². The van der Waals surface area contributed by atoms with Crippen molar-refractivity contribution in [2.45, 2.75) is 32.7 Å². The van der Waals surface area contributed by atoms with Crippen molar-refractivity contribution in [1.29, 1.82) is 0 Å². The topological polar surface area (TPSA) is 49.4 Å². The predicted octanol–water partition coefficient (Wildman–Crippen LogP) is 2.39. The Bertz CT molecular complexity index is 516. The number of hydrogen-bond donors (Lipinski definition) is 1. The first-order chi connectivity index (χ1) is 9.04. The van der Waals surface area contributed by atoms with Crippen molar-refractivity contribution in [3.8, 4) is 0 Å². The molecule has 1 aliphatic heterocycles. The Balaban J connectivity index is 2.34. The van der Waals surface area contributed by atoms with Crippen LogP contribution in [0.2, 0.25) is 0 Å². The highest BCUT2D eigenvalue weighted by molar-refractivity contribution is 9.10. The Morgan fingerprint density at radius 1 is 1.42 bits per heavy atom. The summed E-state index contributed by atoms with van der Waals surface area (Å²) in [4.78, 5) is 25.8. The zero-order valence-electron chi connectivity index (χ0n) is 11.1. The molecule has 0 aliphatic carbocycles. The van der Waals surface area contributed by atoms with Crippen LogP contribution in [0.1, 0.15) is 25.3 Å². The van der Waals surface area contributed by atoms with Crippen molar-refractivity contribution < 1.29 is 9.59 Å². The number of carbonyl (C=O) groups excluding carboxylic acids is 2. The second kappa shape index (κ2) is 5.74. The largest absolute Gasteiger partial charge is 0.343 e. The predicted molar refractivity (Wildman–Crippen MR) is 78.1 cm³/mol. The average molecular weight is 325 g/mol. The molecule has 2 amide bonds. The standard InChI is InChI=1S/C14H17BrN2O2/c1-3-5-11-14(19)17(8-13(18)16-11)12-7-4-6-10(15)9(12)2/h4,6-7,11H,3,5,8H2,1-2H3,(H,16,18). The Morgan fingerprint density at radius 3 is 2.84 bits per heavy atom. The minimum atomic E-state index is -0.398. The summed E-state index contributed by atoms with van der Waals surface area (Å²) in [5, 5.41) is 2.76. The molecule has 0 bridgehead atoms. The number of rotatable bonds is 3. The third kappa shape index (κ3) is 2.81. The van der Waals surface area contributed by atoms with Crippen molar-refractivity contribution in [3.05, 3.63) is 28.2 Å². The van der Waals surface area contributed by atoms with Gasteiger partial charge in [0.25, 0.3) is 0 Å². The summed E-state index contributed by atoms with van der Waals surface area (Å²) in [6.07, 6.45) is 1.54. The van der Waals surface area contributed by atoms with Gasteiger partial charge in [0.2, 0.25) is 11.8 Å². The third-order valence-electron chi connectivity index (χ3n) is 3.31. The highest BCUT2D eigenvalue weighted by Crippen LogP contribution is 2.28. The molecule has 102 valence electrons. The maximum atomic E-state index is 12.4. The van der Waals surface area contributed by atoms with Gasteiger partial charge in [-0.25, -0.2) is 0 Å². The highest BCUT2D eigenvalue weighted by Gasteiger charge is 2.33. The van der Waals surface area contributed by atoms with Crippen LogP contribution in [0.3, 0.4) is 0 Å². The number of halogens is 1. The monoisotopic (exact) mass is 324 g/mol. The summed E-state index contributed by atoms with van der Waals surface area (Å²) in [6, 6.07) is 5.28. The molecule has 1 fully saturated rings. The first kappa shape index (κ1) is 14.1. The summed E-state index contributed by atoms with van der Waals surface area (Å²) in [5.74, 6) is -0.125. The van der Waals surface area contributed by atoms with Crippen LogP contribution in [0.4, 0.5) is 5.69 Å². The van der Waals surface area contributed by atoms with Crippen LogP contribution >= 0.6 is 15.9 Å². The molecule has 0 radical (unpaired) electrons. The van der Waals surface area contributed by atoms with Crippen LogP contribution in [-0.2, 0) is 9.59 Å². The van der Waals surface area contributed by atoms with E-state index in [0.29, 0.717) is 6.42 Å². The summed E-state index contributed by atoms with van der Waals surface area (Å²) >= 11 is 3.46. The quantitative estimate of drug-likeness (QED) is 0.928. The van der Waals surface area contributed by atoms with E-state index in [0.717, 1.165) is 22.1 Å². The van der Waals surface area contributed by atoms with Crippen molar-refractivity contribution in [2.24, 2.45) is 0 Å². The lowest BCUT2D eigenvalue weighted by atomic mass is 10.1. The van der Waals surface area contributed by atoms with Gasteiger partial charge in [-0.15, -0.1) is 0 Å². The van der Waals surface area contributed by atoms with Crippen LogP contribution in [0.25, 0.3) is 0 Å². The Labute approximate surface area is 121 Å². The van der Waals surface area contributed by atoms with Gasteiger partial charge in [0, 0.05) is 10.2 Å². The summed E-state index contributed by atoms with van der Waals surface area (Å²) in [6.45, 7) is 4.03. The first-order valence-electron chi connectivity index (χ1n) is 6.40. The molecule has 0 spiro atoms. The Kier molecular flexibility index (Phi) is 4.24. The third-order valence-corrected chi connectivity index (χ3v) is 4.17. The number of nitrogens with one attached hydrogen (secondary N) is 1. The zero-order chi connectivity index (χ0) is 14.0. The van der Waals surface area contributed by atoms with E-state index >= 15 is 0 Å². The molecular weight excluding hydrogens is 308 g/mol. The Hall–Kier alpha value is -1.36.